The molecule has 5 nitrogen and oxygen atoms in total. The van der Waals surface area contributed by atoms with E-state index in [1.54, 1.807) is 6.26 Å². The van der Waals surface area contributed by atoms with E-state index in [2.05, 4.69) is 4.90 Å². The monoisotopic (exact) mass is 274 g/mol. The first-order valence-electron chi connectivity index (χ1n) is 6.88. The maximum Gasteiger partial charge on any atom is 0.257 e. The Balaban J connectivity index is 1.74. The molecule has 1 fully saturated rings. The molecule has 1 aromatic heterocycles. The molecule has 2 heterocycles. The van der Waals surface area contributed by atoms with Crippen LogP contribution >= 0.6 is 0 Å². The van der Waals surface area contributed by atoms with Gasteiger partial charge in [0.1, 0.15) is 11.8 Å². The number of benzene rings is 1. The maximum atomic E-state index is 12.5. The van der Waals surface area contributed by atoms with E-state index in [9.17, 15) is 4.79 Å². The molecule has 3 rings (SSSR count). The normalized spacial score (nSPS) is 16.8. The molecule has 2 aromatic rings. The quantitative estimate of drug-likeness (QED) is 0.913. The van der Waals surface area contributed by atoms with Gasteiger partial charge >= 0.3 is 0 Å². The zero-order valence-electron chi connectivity index (χ0n) is 11.3. The van der Waals surface area contributed by atoms with Crippen LogP contribution in [0.15, 0.2) is 34.9 Å². The van der Waals surface area contributed by atoms with Gasteiger partial charge < -0.3 is 14.4 Å². The molecular weight excluding hydrogens is 256 g/mol. The lowest BCUT2D eigenvalue weighted by molar-refractivity contribution is 0.0616. The van der Waals surface area contributed by atoms with Crippen LogP contribution < -0.4 is 0 Å². The van der Waals surface area contributed by atoms with Gasteiger partial charge in [-0.25, -0.2) is 0 Å². The van der Waals surface area contributed by atoms with Gasteiger partial charge in [-0.1, -0.05) is 18.2 Å². The number of hydrogen-bond acceptors (Lipinski definition) is 4. The molecular formula is C15H18N2O3. The zero-order chi connectivity index (χ0) is 13.9. The first-order chi connectivity index (χ1) is 9.79. The van der Waals surface area contributed by atoms with Crippen molar-refractivity contribution in [2.24, 2.45) is 0 Å². The lowest BCUT2D eigenvalue weighted by Gasteiger charge is -2.34. The third kappa shape index (κ3) is 2.42. The number of piperazine rings is 1. The van der Waals surface area contributed by atoms with Crippen LogP contribution in [0.5, 0.6) is 0 Å². The van der Waals surface area contributed by atoms with Crippen molar-refractivity contribution in [3.63, 3.8) is 0 Å². The molecule has 0 saturated carbocycles. The fourth-order valence-electron chi connectivity index (χ4n) is 2.63. The van der Waals surface area contributed by atoms with Crippen molar-refractivity contribution < 1.29 is 14.3 Å². The summed E-state index contributed by atoms with van der Waals surface area (Å²) >= 11 is 0. The van der Waals surface area contributed by atoms with Crippen molar-refractivity contribution in [2.45, 2.75) is 0 Å². The predicted octanol–water partition coefficient (Wildman–Crippen LogP) is 1.18. The Morgan fingerprint density at radius 3 is 2.70 bits per heavy atom. The second-order valence-electron chi connectivity index (χ2n) is 5.00. The van der Waals surface area contributed by atoms with E-state index in [1.165, 1.54) is 0 Å². The summed E-state index contributed by atoms with van der Waals surface area (Å²) in [5.41, 5.74) is 1.38. The standard InChI is InChI=1S/C15H18N2O3/c18-10-9-16-5-7-17(8-6-16)15(19)13-11-20-14-4-2-1-3-12(13)14/h1-4,11,18H,5-10H2. The highest BCUT2D eigenvalue weighted by Gasteiger charge is 2.24. The lowest BCUT2D eigenvalue weighted by Crippen LogP contribution is -2.49. The SMILES string of the molecule is O=C(c1coc2ccccc12)N1CCN(CCO)CC1. The van der Waals surface area contributed by atoms with Crippen molar-refractivity contribution in [1.82, 2.24) is 9.80 Å². The number of β-amino-alcohol motifs (C(OH)–C–C–N with tert-alkyl or cyclic N) is 1. The molecule has 1 aromatic carbocycles. The van der Waals surface area contributed by atoms with Crippen LogP contribution in [0.3, 0.4) is 0 Å². The molecule has 1 amide bonds. The molecule has 0 radical (unpaired) electrons. The van der Waals surface area contributed by atoms with Crippen molar-refractivity contribution in [3.8, 4) is 0 Å². The van der Waals surface area contributed by atoms with Crippen LogP contribution in [0.25, 0.3) is 11.0 Å². The number of para-hydroxylation sites is 1. The Labute approximate surface area is 117 Å². The molecule has 0 atom stereocenters. The molecule has 1 N–H and O–H groups in total. The molecule has 0 unspecified atom stereocenters. The van der Waals surface area contributed by atoms with Crippen molar-refractivity contribution >= 4 is 16.9 Å². The predicted molar refractivity (Wildman–Crippen MR) is 75.6 cm³/mol. The summed E-state index contributed by atoms with van der Waals surface area (Å²) in [6, 6.07) is 7.58. The number of rotatable bonds is 3. The Bertz CT molecular complexity index is 600. The second-order valence-corrected chi connectivity index (χ2v) is 5.00. The summed E-state index contributed by atoms with van der Waals surface area (Å²) in [6.07, 6.45) is 1.55. The highest BCUT2D eigenvalue weighted by Crippen LogP contribution is 2.22. The molecule has 20 heavy (non-hydrogen) atoms. The van der Waals surface area contributed by atoms with Crippen LogP contribution in [0.4, 0.5) is 0 Å². The van der Waals surface area contributed by atoms with E-state index >= 15 is 0 Å². The van der Waals surface area contributed by atoms with Gasteiger partial charge in [0.05, 0.1) is 12.2 Å². The minimum Gasteiger partial charge on any atom is -0.463 e. The van der Waals surface area contributed by atoms with Crippen molar-refractivity contribution in [1.29, 1.82) is 0 Å². The molecule has 0 bridgehead atoms. The van der Waals surface area contributed by atoms with Gasteiger partial charge in [0.15, 0.2) is 0 Å². The van der Waals surface area contributed by atoms with Crippen LogP contribution in [0.1, 0.15) is 10.4 Å². The van der Waals surface area contributed by atoms with E-state index in [0.29, 0.717) is 25.2 Å². The highest BCUT2D eigenvalue weighted by atomic mass is 16.3. The Morgan fingerprint density at radius 2 is 1.95 bits per heavy atom. The van der Waals surface area contributed by atoms with Gasteiger partial charge in [0, 0.05) is 38.1 Å². The van der Waals surface area contributed by atoms with E-state index in [4.69, 9.17) is 9.52 Å². The van der Waals surface area contributed by atoms with E-state index in [0.717, 1.165) is 24.1 Å². The molecule has 106 valence electrons. The number of carbonyl (C=O) groups excluding carboxylic acids is 1. The first-order valence-corrected chi connectivity index (χ1v) is 6.88. The van der Waals surface area contributed by atoms with Gasteiger partial charge in [0.2, 0.25) is 0 Å². The topological polar surface area (TPSA) is 56.9 Å². The van der Waals surface area contributed by atoms with Gasteiger partial charge in [-0.2, -0.15) is 0 Å². The van der Waals surface area contributed by atoms with E-state index < -0.39 is 0 Å². The average molecular weight is 274 g/mol. The second kappa shape index (κ2) is 5.64. The fraction of sp³-hybridized carbons (Fsp3) is 0.400. The molecule has 5 heteroatoms. The average Bonchev–Trinajstić information content (AvgIpc) is 2.92. The number of aliphatic hydroxyl groups is 1. The number of aliphatic hydroxyl groups excluding tert-OH is 1. The number of furan rings is 1. The van der Waals surface area contributed by atoms with Crippen LogP contribution in [0, 0.1) is 0 Å². The summed E-state index contributed by atoms with van der Waals surface area (Å²) in [5.74, 6) is 0.0265. The smallest absolute Gasteiger partial charge is 0.257 e. The largest absolute Gasteiger partial charge is 0.463 e. The molecule has 1 aliphatic heterocycles. The summed E-state index contributed by atoms with van der Waals surface area (Å²) in [5, 5.41) is 9.80. The van der Waals surface area contributed by atoms with E-state index in [1.807, 2.05) is 29.2 Å². The van der Waals surface area contributed by atoms with Crippen LogP contribution in [-0.4, -0.2) is 60.1 Å². The number of nitrogens with zero attached hydrogens (tertiary/aromatic N) is 2. The lowest BCUT2D eigenvalue weighted by atomic mass is 10.1. The summed E-state index contributed by atoms with van der Waals surface area (Å²) in [4.78, 5) is 16.6. The highest BCUT2D eigenvalue weighted by molar-refractivity contribution is 6.05. The van der Waals surface area contributed by atoms with Gasteiger partial charge in [-0.3, -0.25) is 9.69 Å². The molecule has 1 aliphatic rings. The maximum absolute atomic E-state index is 12.5. The summed E-state index contributed by atoms with van der Waals surface area (Å²) < 4.78 is 5.43. The summed E-state index contributed by atoms with van der Waals surface area (Å²) in [6.45, 7) is 3.85. The van der Waals surface area contributed by atoms with Crippen molar-refractivity contribution in [2.75, 3.05) is 39.3 Å². The number of amides is 1. The minimum absolute atomic E-state index is 0.0265. The van der Waals surface area contributed by atoms with Crippen LogP contribution in [0.2, 0.25) is 0 Å². The fourth-order valence-corrected chi connectivity index (χ4v) is 2.63. The van der Waals surface area contributed by atoms with E-state index in [-0.39, 0.29) is 12.5 Å². The number of fused-ring (bicyclic) bond motifs is 1. The molecule has 0 aliphatic carbocycles. The van der Waals surface area contributed by atoms with Crippen molar-refractivity contribution in [3.05, 3.63) is 36.1 Å². The number of hydrogen-bond donors (Lipinski definition) is 1. The first kappa shape index (κ1) is 13.1. The van der Waals surface area contributed by atoms with Gasteiger partial charge in [-0.05, 0) is 6.07 Å². The molecule has 1 saturated heterocycles. The zero-order valence-corrected chi connectivity index (χ0v) is 11.3. The number of carbonyl (C=O) groups is 1. The third-order valence-corrected chi connectivity index (χ3v) is 3.79. The third-order valence-electron chi connectivity index (χ3n) is 3.79. The van der Waals surface area contributed by atoms with Gasteiger partial charge in [0.25, 0.3) is 5.91 Å². The van der Waals surface area contributed by atoms with Gasteiger partial charge in [-0.15, -0.1) is 0 Å². The Morgan fingerprint density at radius 1 is 1.20 bits per heavy atom. The Kier molecular flexibility index (Phi) is 3.71. The van der Waals surface area contributed by atoms with Crippen LogP contribution in [-0.2, 0) is 0 Å². The minimum atomic E-state index is 0.0265. The summed E-state index contributed by atoms with van der Waals surface area (Å²) in [7, 11) is 0. The Hall–Kier alpha value is -1.85. The molecule has 0 spiro atoms.